The number of anilines is 1. The first kappa shape index (κ1) is 19.4. The summed E-state index contributed by atoms with van der Waals surface area (Å²) in [6, 6.07) is 8.91. The Morgan fingerprint density at radius 2 is 1.86 bits per heavy atom. The van der Waals surface area contributed by atoms with Gasteiger partial charge in [-0.05, 0) is 42.5 Å². The standard InChI is InChI=1S/C18H16FN3O5S/c1-20-17(23)15-8-10-7-12(4-5-14(10)21-15)22-28(25,26)16-6-3-11(19)9-13(16)18(24)27-2/h3-9,21-22H,1-2H3,(H,20,23). The van der Waals surface area contributed by atoms with E-state index in [1.165, 1.54) is 19.2 Å². The third-order valence-corrected chi connectivity index (χ3v) is 5.42. The first-order chi connectivity index (χ1) is 13.2. The number of H-pyrrole nitrogens is 1. The molecule has 28 heavy (non-hydrogen) atoms. The maximum Gasteiger partial charge on any atom is 0.339 e. The Balaban J connectivity index is 1.99. The molecule has 0 aliphatic heterocycles. The van der Waals surface area contributed by atoms with Crippen LogP contribution in [0.4, 0.5) is 10.1 Å². The molecule has 0 bridgehead atoms. The SMILES string of the molecule is CNC(=O)c1cc2cc(NS(=O)(=O)c3ccc(F)cc3C(=O)OC)ccc2[nH]1. The molecule has 3 N–H and O–H groups in total. The number of nitrogens with one attached hydrogen (secondary N) is 3. The van der Waals surface area contributed by atoms with E-state index in [9.17, 15) is 22.4 Å². The Morgan fingerprint density at radius 3 is 2.54 bits per heavy atom. The third kappa shape index (κ3) is 3.67. The summed E-state index contributed by atoms with van der Waals surface area (Å²) in [6.07, 6.45) is 0. The maximum absolute atomic E-state index is 13.5. The van der Waals surface area contributed by atoms with Gasteiger partial charge in [0.05, 0.1) is 12.7 Å². The second kappa shape index (κ2) is 7.31. The van der Waals surface area contributed by atoms with Crippen LogP contribution in [0.25, 0.3) is 10.9 Å². The van der Waals surface area contributed by atoms with Gasteiger partial charge in [-0.25, -0.2) is 17.6 Å². The zero-order valence-electron chi connectivity index (χ0n) is 14.9. The molecule has 0 saturated heterocycles. The second-order valence-electron chi connectivity index (χ2n) is 5.80. The van der Waals surface area contributed by atoms with Crippen molar-refractivity contribution >= 4 is 38.5 Å². The fourth-order valence-electron chi connectivity index (χ4n) is 2.67. The smallest absolute Gasteiger partial charge is 0.339 e. The van der Waals surface area contributed by atoms with Gasteiger partial charge in [-0.2, -0.15) is 0 Å². The minimum atomic E-state index is -4.21. The van der Waals surface area contributed by atoms with Crippen molar-refractivity contribution in [2.45, 2.75) is 4.90 Å². The molecule has 3 aromatic rings. The van der Waals surface area contributed by atoms with E-state index in [0.717, 1.165) is 25.3 Å². The van der Waals surface area contributed by atoms with Crippen LogP contribution in [-0.4, -0.2) is 39.4 Å². The summed E-state index contributed by atoms with van der Waals surface area (Å²) in [6.45, 7) is 0. The number of esters is 1. The average Bonchev–Trinajstić information content (AvgIpc) is 3.09. The summed E-state index contributed by atoms with van der Waals surface area (Å²) in [5, 5.41) is 3.09. The van der Waals surface area contributed by atoms with Crippen molar-refractivity contribution in [2.24, 2.45) is 0 Å². The number of hydrogen-bond acceptors (Lipinski definition) is 5. The first-order valence-corrected chi connectivity index (χ1v) is 9.49. The van der Waals surface area contributed by atoms with Crippen molar-refractivity contribution in [1.29, 1.82) is 0 Å². The molecule has 1 amide bonds. The predicted octanol–water partition coefficient (Wildman–Crippen LogP) is 2.25. The van der Waals surface area contributed by atoms with Crippen molar-refractivity contribution in [3.8, 4) is 0 Å². The number of methoxy groups -OCH3 is 1. The fraction of sp³-hybridized carbons (Fsp3) is 0.111. The van der Waals surface area contributed by atoms with Crippen LogP contribution in [0.3, 0.4) is 0 Å². The minimum absolute atomic E-state index is 0.204. The van der Waals surface area contributed by atoms with Crippen molar-refractivity contribution in [3.05, 3.63) is 59.5 Å². The van der Waals surface area contributed by atoms with Crippen LogP contribution in [0.2, 0.25) is 0 Å². The first-order valence-electron chi connectivity index (χ1n) is 8.00. The Bertz CT molecular complexity index is 1190. The average molecular weight is 405 g/mol. The van der Waals surface area contributed by atoms with E-state index in [1.807, 2.05) is 0 Å². The Kier molecular flexibility index (Phi) is 5.06. The molecule has 0 unspecified atom stereocenters. The highest BCUT2D eigenvalue weighted by Gasteiger charge is 2.24. The zero-order chi connectivity index (χ0) is 20.5. The van der Waals surface area contributed by atoms with E-state index < -0.39 is 32.3 Å². The number of ether oxygens (including phenoxy) is 1. The van der Waals surface area contributed by atoms with Gasteiger partial charge in [-0.15, -0.1) is 0 Å². The number of carbonyl (C=O) groups excluding carboxylic acids is 2. The molecule has 0 radical (unpaired) electrons. The number of sulfonamides is 1. The monoisotopic (exact) mass is 405 g/mol. The molecular formula is C18H16FN3O5S. The maximum atomic E-state index is 13.5. The zero-order valence-corrected chi connectivity index (χ0v) is 15.7. The molecule has 1 aromatic heterocycles. The van der Waals surface area contributed by atoms with Gasteiger partial charge >= 0.3 is 5.97 Å². The molecule has 0 spiro atoms. The van der Waals surface area contributed by atoms with Gasteiger partial charge in [0.1, 0.15) is 16.4 Å². The van der Waals surface area contributed by atoms with Gasteiger partial charge in [0, 0.05) is 23.6 Å². The highest BCUT2D eigenvalue weighted by Crippen LogP contribution is 2.25. The molecule has 146 valence electrons. The number of aromatic amines is 1. The van der Waals surface area contributed by atoms with Crippen LogP contribution in [-0.2, 0) is 14.8 Å². The number of halogens is 1. The molecule has 0 atom stereocenters. The molecule has 0 saturated carbocycles. The Morgan fingerprint density at radius 1 is 1.11 bits per heavy atom. The summed E-state index contributed by atoms with van der Waals surface area (Å²) in [5.74, 6) is -2.06. The molecule has 1 heterocycles. The van der Waals surface area contributed by atoms with Crippen LogP contribution in [0, 0.1) is 5.82 Å². The number of benzene rings is 2. The number of hydrogen-bond donors (Lipinski definition) is 3. The molecule has 3 rings (SSSR count). The van der Waals surface area contributed by atoms with E-state index in [0.29, 0.717) is 16.6 Å². The molecule has 0 aliphatic carbocycles. The molecule has 10 heteroatoms. The summed E-state index contributed by atoms with van der Waals surface area (Å²) in [5.41, 5.74) is 0.748. The number of fused-ring (bicyclic) bond motifs is 1. The number of carbonyl (C=O) groups is 2. The number of aromatic nitrogens is 1. The quantitative estimate of drug-likeness (QED) is 0.563. The molecular weight excluding hydrogens is 389 g/mol. The lowest BCUT2D eigenvalue weighted by molar-refractivity contribution is 0.0595. The summed E-state index contributed by atoms with van der Waals surface area (Å²) in [4.78, 5) is 26.0. The van der Waals surface area contributed by atoms with Gasteiger partial charge in [-0.3, -0.25) is 9.52 Å². The van der Waals surface area contributed by atoms with E-state index in [-0.39, 0.29) is 11.6 Å². The van der Waals surface area contributed by atoms with E-state index in [2.05, 4.69) is 19.8 Å². The molecule has 2 aromatic carbocycles. The van der Waals surface area contributed by atoms with E-state index in [4.69, 9.17) is 0 Å². The number of rotatable bonds is 5. The Labute approximate surface area is 159 Å². The van der Waals surface area contributed by atoms with E-state index >= 15 is 0 Å². The lowest BCUT2D eigenvalue weighted by atomic mass is 10.2. The lowest BCUT2D eigenvalue weighted by Gasteiger charge is -2.11. The van der Waals surface area contributed by atoms with Crippen LogP contribution < -0.4 is 10.0 Å². The van der Waals surface area contributed by atoms with Crippen molar-refractivity contribution < 1.29 is 27.1 Å². The summed E-state index contributed by atoms with van der Waals surface area (Å²) >= 11 is 0. The van der Waals surface area contributed by atoms with Gasteiger partial charge in [0.25, 0.3) is 15.9 Å². The van der Waals surface area contributed by atoms with Gasteiger partial charge in [0.2, 0.25) is 0 Å². The molecule has 0 aliphatic rings. The van der Waals surface area contributed by atoms with Gasteiger partial charge < -0.3 is 15.0 Å². The predicted molar refractivity (Wildman–Crippen MR) is 100 cm³/mol. The summed E-state index contributed by atoms with van der Waals surface area (Å²) in [7, 11) is -1.64. The molecule has 8 nitrogen and oxygen atoms in total. The normalized spacial score (nSPS) is 11.2. The fourth-order valence-corrected chi connectivity index (χ4v) is 3.90. The van der Waals surface area contributed by atoms with Crippen LogP contribution >= 0.6 is 0 Å². The lowest BCUT2D eigenvalue weighted by Crippen LogP contribution is -2.17. The Hall–Kier alpha value is -3.40. The van der Waals surface area contributed by atoms with Gasteiger partial charge in [-0.1, -0.05) is 0 Å². The number of amides is 1. The van der Waals surface area contributed by atoms with Crippen LogP contribution in [0.15, 0.2) is 47.4 Å². The van der Waals surface area contributed by atoms with Crippen molar-refractivity contribution in [3.63, 3.8) is 0 Å². The van der Waals surface area contributed by atoms with Crippen molar-refractivity contribution in [2.75, 3.05) is 18.9 Å². The highest BCUT2D eigenvalue weighted by atomic mass is 32.2. The third-order valence-electron chi connectivity index (χ3n) is 3.98. The molecule has 0 fully saturated rings. The van der Waals surface area contributed by atoms with Gasteiger partial charge in [0.15, 0.2) is 0 Å². The second-order valence-corrected chi connectivity index (χ2v) is 7.45. The summed E-state index contributed by atoms with van der Waals surface area (Å²) < 4.78 is 45.8. The van der Waals surface area contributed by atoms with Crippen molar-refractivity contribution in [1.82, 2.24) is 10.3 Å². The highest BCUT2D eigenvalue weighted by molar-refractivity contribution is 7.92. The topological polar surface area (TPSA) is 117 Å². The van der Waals surface area contributed by atoms with Crippen LogP contribution in [0.1, 0.15) is 20.8 Å². The van der Waals surface area contributed by atoms with E-state index in [1.54, 1.807) is 12.1 Å². The minimum Gasteiger partial charge on any atom is -0.465 e. The van der Waals surface area contributed by atoms with Crippen LogP contribution in [0.5, 0.6) is 0 Å². The largest absolute Gasteiger partial charge is 0.465 e.